The lowest BCUT2D eigenvalue weighted by Crippen LogP contribution is -2.35. The Kier molecular flexibility index (Phi) is 6.68. The van der Waals surface area contributed by atoms with E-state index in [0.717, 1.165) is 0 Å². The summed E-state index contributed by atoms with van der Waals surface area (Å²) in [5.41, 5.74) is 5.11. The summed E-state index contributed by atoms with van der Waals surface area (Å²) >= 11 is 0. The Hall–Kier alpha value is -1.30. The van der Waals surface area contributed by atoms with E-state index < -0.39 is 11.6 Å². The summed E-state index contributed by atoms with van der Waals surface area (Å²) < 4.78 is 5.18. The molecule has 1 unspecified atom stereocenters. The maximum atomic E-state index is 11.6. The number of nitrogens with two attached hydrogens (primary N) is 1. The number of ether oxygens (including phenoxy) is 1. The van der Waals surface area contributed by atoms with Crippen LogP contribution in [0.15, 0.2) is 0 Å². The van der Waals surface area contributed by atoms with E-state index >= 15 is 0 Å². The van der Waals surface area contributed by atoms with Crippen LogP contribution < -0.4 is 5.73 Å². The average Bonchev–Trinajstić information content (AvgIpc) is 2.13. The summed E-state index contributed by atoms with van der Waals surface area (Å²) in [5, 5.41) is 8.54. The lowest BCUT2D eigenvalue weighted by molar-refractivity contribution is -0.137. The zero-order valence-electron chi connectivity index (χ0n) is 11.6. The van der Waals surface area contributed by atoms with Gasteiger partial charge >= 0.3 is 12.1 Å². The first-order chi connectivity index (χ1) is 8.11. The largest absolute Gasteiger partial charge is 0.481 e. The van der Waals surface area contributed by atoms with Gasteiger partial charge in [-0.25, -0.2) is 4.79 Å². The molecule has 0 bridgehead atoms. The fraction of sp³-hybridized carbons (Fsp3) is 0.833. The molecule has 0 saturated carbocycles. The van der Waals surface area contributed by atoms with Crippen LogP contribution in [-0.2, 0) is 9.53 Å². The van der Waals surface area contributed by atoms with Crippen molar-refractivity contribution < 1.29 is 19.4 Å². The maximum Gasteiger partial charge on any atom is 0.410 e. The fourth-order valence-corrected chi connectivity index (χ4v) is 1.35. The highest BCUT2D eigenvalue weighted by atomic mass is 16.6. The molecule has 1 atom stereocenters. The molecule has 18 heavy (non-hydrogen) atoms. The van der Waals surface area contributed by atoms with Gasteiger partial charge in [0.05, 0.1) is 6.42 Å². The normalized spacial score (nSPS) is 12.9. The van der Waals surface area contributed by atoms with E-state index in [4.69, 9.17) is 15.6 Å². The van der Waals surface area contributed by atoms with Crippen molar-refractivity contribution in [2.45, 2.75) is 51.7 Å². The molecule has 0 aliphatic carbocycles. The first kappa shape index (κ1) is 16.7. The Morgan fingerprint density at radius 3 is 2.39 bits per heavy atom. The van der Waals surface area contributed by atoms with E-state index in [0.29, 0.717) is 19.4 Å². The molecular weight excluding hydrogens is 236 g/mol. The van der Waals surface area contributed by atoms with Gasteiger partial charge in [-0.3, -0.25) is 4.79 Å². The highest BCUT2D eigenvalue weighted by molar-refractivity contribution is 5.68. The van der Waals surface area contributed by atoms with Crippen LogP contribution in [0.4, 0.5) is 4.79 Å². The summed E-state index contributed by atoms with van der Waals surface area (Å²) in [6.45, 7) is 5.92. The van der Waals surface area contributed by atoms with E-state index in [2.05, 4.69) is 0 Å². The zero-order chi connectivity index (χ0) is 14.3. The van der Waals surface area contributed by atoms with Crippen LogP contribution in [0.5, 0.6) is 0 Å². The van der Waals surface area contributed by atoms with Crippen molar-refractivity contribution in [3.8, 4) is 0 Å². The van der Waals surface area contributed by atoms with Crippen LogP contribution in [0.2, 0.25) is 0 Å². The highest BCUT2D eigenvalue weighted by Crippen LogP contribution is 2.09. The van der Waals surface area contributed by atoms with E-state index in [1.165, 1.54) is 4.90 Å². The minimum Gasteiger partial charge on any atom is -0.481 e. The molecule has 0 aromatic heterocycles. The Balaban J connectivity index is 3.86. The molecule has 0 aromatic rings. The van der Waals surface area contributed by atoms with Crippen LogP contribution >= 0.6 is 0 Å². The second-order valence-electron chi connectivity index (χ2n) is 5.40. The Labute approximate surface area is 108 Å². The van der Waals surface area contributed by atoms with Gasteiger partial charge in [0.1, 0.15) is 5.60 Å². The lowest BCUT2D eigenvalue weighted by atomic mass is 10.1. The molecule has 106 valence electrons. The second kappa shape index (κ2) is 7.20. The summed E-state index contributed by atoms with van der Waals surface area (Å²) in [5.74, 6) is -0.900. The van der Waals surface area contributed by atoms with Gasteiger partial charge in [-0.2, -0.15) is 0 Å². The Morgan fingerprint density at radius 2 is 1.94 bits per heavy atom. The summed E-state index contributed by atoms with van der Waals surface area (Å²) in [6.07, 6.45) is 0.800. The van der Waals surface area contributed by atoms with Crippen LogP contribution in [0.1, 0.15) is 40.0 Å². The van der Waals surface area contributed by atoms with Crippen LogP contribution in [0, 0.1) is 0 Å². The van der Waals surface area contributed by atoms with Gasteiger partial charge in [-0.15, -0.1) is 0 Å². The Morgan fingerprint density at radius 1 is 1.39 bits per heavy atom. The number of rotatable bonds is 6. The molecule has 3 N–H and O–H groups in total. The van der Waals surface area contributed by atoms with Gasteiger partial charge in [0, 0.05) is 19.6 Å². The van der Waals surface area contributed by atoms with E-state index in [9.17, 15) is 9.59 Å². The lowest BCUT2D eigenvalue weighted by Gasteiger charge is -2.24. The standard InChI is InChI=1S/C12H24N2O4/c1-12(2,3)18-11(17)14(4)7-5-6-9(13)8-10(15)16/h9H,5-8,13H2,1-4H3,(H,15,16). The third-order valence-corrected chi connectivity index (χ3v) is 2.21. The fourth-order valence-electron chi connectivity index (χ4n) is 1.35. The summed E-state index contributed by atoms with van der Waals surface area (Å²) in [6, 6.07) is -0.366. The SMILES string of the molecule is CN(CCCC(N)CC(=O)O)C(=O)OC(C)(C)C. The van der Waals surface area contributed by atoms with Crippen LogP contribution in [-0.4, -0.2) is 47.3 Å². The van der Waals surface area contributed by atoms with E-state index in [1.54, 1.807) is 7.05 Å². The number of amides is 1. The molecule has 6 heteroatoms. The third-order valence-electron chi connectivity index (χ3n) is 2.21. The van der Waals surface area contributed by atoms with Gasteiger partial charge < -0.3 is 20.5 Å². The molecule has 0 saturated heterocycles. The highest BCUT2D eigenvalue weighted by Gasteiger charge is 2.19. The van der Waals surface area contributed by atoms with Crippen molar-refractivity contribution in [3.05, 3.63) is 0 Å². The molecule has 0 aromatic carbocycles. The maximum absolute atomic E-state index is 11.6. The quantitative estimate of drug-likeness (QED) is 0.753. The van der Waals surface area contributed by atoms with Gasteiger partial charge in [-0.1, -0.05) is 0 Å². The molecular formula is C12H24N2O4. The van der Waals surface area contributed by atoms with Crippen molar-refractivity contribution in [1.29, 1.82) is 0 Å². The third kappa shape index (κ3) is 8.81. The molecule has 0 spiro atoms. The number of nitrogens with zero attached hydrogens (tertiary/aromatic N) is 1. The number of carboxylic acid groups (broad SMARTS) is 1. The monoisotopic (exact) mass is 260 g/mol. The predicted molar refractivity (Wildman–Crippen MR) is 68.3 cm³/mol. The number of carbonyl (C=O) groups excluding carboxylic acids is 1. The molecule has 0 fully saturated rings. The first-order valence-corrected chi connectivity index (χ1v) is 6.03. The number of carboxylic acids is 1. The van der Waals surface area contributed by atoms with Crippen molar-refractivity contribution >= 4 is 12.1 Å². The smallest absolute Gasteiger partial charge is 0.410 e. The average molecular weight is 260 g/mol. The van der Waals surface area contributed by atoms with Crippen molar-refractivity contribution in [3.63, 3.8) is 0 Å². The number of aliphatic carboxylic acids is 1. The van der Waals surface area contributed by atoms with Gasteiger partial charge in [0.15, 0.2) is 0 Å². The first-order valence-electron chi connectivity index (χ1n) is 6.03. The molecule has 0 rings (SSSR count). The number of hydrogen-bond acceptors (Lipinski definition) is 4. The molecule has 6 nitrogen and oxygen atoms in total. The topological polar surface area (TPSA) is 92.9 Å². The van der Waals surface area contributed by atoms with Crippen molar-refractivity contribution in [2.75, 3.05) is 13.6 Å². The molecule has 1 amide bonds. The van der Waals surface area contributed by atoms with E-state index in [-0.39, 0.29) is 18.6 Å². The van der Waals surface area contributed by atoms with Crippen LogP contribution in [0.3, 0.4) is 0 Å². The number of carbonyl (C=O) groups is 2. The zero-order valence-corrected chi connectivity index (χ0v) is 11.6. The molecule has 0 aliphatic rings. The van der Waals surface area contributed by atoms with Crippen molar-refractivity contribution in [1.82, 2.24) is 4.90 Å². The van der Waals surface area contributed by atoms with Crippen LogP contribution in [0.25, 0.3) is 0 Å². The minimum absolute atomic E-state index is 0.0455. The second-order valence-corrected chi connectivity index (χ2v) is 5.40. The van der Waals surface area contributed by atoms with Gasteiger partial charge in [-0.05, 0) is 33.6 Å². The Bertz CT molecular complexity index is 286. The minimum atomic E-state index is -0.900. The van der Waals surface area contributed by atoms with Crippen molar-refractivity contribution in [2.24, 2.45) is 5.73 Å². The number of hydrogen-bond donors (Lipinski definition) is 2. The van der Waals surface area contributed by atoms with E-state index in [1.807, 2.05) is 20.8 Å². The molecule has 0 aliphatic heterocycles. The predicted octanol–water partition coefficient (Wildman–Crippen LogP) is 1.44. The van der Waals surface area contributed by atoms with Gasteiger partial charge in [0.2, 0.25) is 0 Å². The molecule has 0 heterocycles. The van der Waals surface area contributed by atoms with Gasteiger partial charge in [0.25, 0.3) is 0 Å². The molecule has 0 radical (unpaired) electrons. The summed E-state index contributed by atoms with van der Waals surface area (Å²) in [4.78, 5) is 23.5. The summed E-state index contributed by atoms with van der Waals surface area (Å²) in [7, 11) is 1.65.